The van der Waals surface area contributed by atoms with Crippen molar-refractivity contribution in [1.29, 1.82) is 0 Å². The van der Waals surface area contributed by atoms with Crippen molar-refractivity contribution < 1.29 is 17.6 Å². The van der Waals surface area contributed by atoms with Gasteiger partial charge in [-0.15, -0.1) is 0 Å². The molecule has 1 aromatic carbocycles. The summed E-state index contributed by atoms with van der Waals surface area (Å²) in [7, 11) is -3.67. The van der Waals surface area contributed by atoms with Crippen molar-refractivity contribution in [3.63, 3.8) is 0 Å². The summed E-state index contributed by atoms with van der Waals surface area (Å²) in [6.07, 6.45) is 0.954. The predicted octanol–water partition coefficient (Wildman–Crippen LogP) is 0.465. The molecule has 0 saturated heterocycles. The SMILES string of the molecule is C[C@H](C(N)=O)N(c1ccc(F)cc1)S(C)(=O)=O. The number of halogens is 1. The average molecular weight is 260 g/mol. The average Bonchev–Trinajstić information content (AvgIpc) is 2.19. The topological polar surface area (TPSA) is 80.5 Å². The van der Waals surface area contributed by atoms with Gasteiger partial charge in [-0.05, 0) is 31.2 Å². The highest BCUT2D eigenvalue weighted by molar-refractivity contribution is 7.92. The van der Waals surface area contributed by atoms with E-state index >= 15 is 0 Å². The van der Waals surface area contributed by atoms with E-state index in [9.17, 15) is 17.6 Å². The van der Waals surface area contributed by atoms with E-state index in [-0.39, 0.29) is 5.69 Å². The summed E-state index contributed by atoms with van der Waals surface area (Å²) in [5.41, 5.74) is 5.28. The molecule has 7 heteroatoms. The lowest BCUT2D eigenvalue weighted by molar-refractivity contribution is -0.118. The Labute approximate surface area is 99.1 Å². The lowest BCUT2D eigenvalue weighted by Crippen LogP contribution is -2.45. The molecule has 17 heavy (non-hydrogen) atoms. The Bertz CT molecular complexity index is 513. The number of anilines is 1. The fourth-order valence-corrected chi connectivity index (χ4v) is 2.59. The van der Waals surface area contributed by atoms with Crippen molar-refractivity contribution in [3.8, 4) is 0 Å². The zero-order valence-electron chi connectivity index (χ0n) is 9.42. The molecule has 0 aliphatic rings. The van der Waals surface area contributed by atoms with Crippen LogP contribution in [0.4, 0.5) is 10.1 Å². The second-order valence-corrected chi connectivity index (χ2v) is 5.47. The minimum Gasteiger partial charge on any atom is -0.368 e. The monoisotopic (exact) mass is 260 g/mol. The minimum absolute atomic E-state index is 0.195. The lowest BCUT2D eigenvalue weighted by Gasteiger charge is -2.26. The van der Waals surface area contributed by atoms with Gasteiger partial charge in [0.15, 0.2) is 0 Å². The molecule has 0 radical (unpaired) electrons. The van der Waals surface area contributed by atoms with E-state index in [1.54, 1.807) is 0 Å². The van der Waals surface area contributed by atoms with Crippen LogP contribution >= 0.6 is 0 Å². The first-order valence-electron chi connectivity index (χ1n) is 4.78. The van der Waals surface area contributed by atoms with Gasteiger partial charge in [0.1, 0.15) is 11.9 Å². The van der Waals surface area contributed by atoms with Gasteiger partial charge in [-0.1, -0.05) is 0 Å². The molecule has 0 aliphatic heterocycles. The summed E-state index contributed by atoms with van der Waals surface area (Å²) >= 11 is 0. The largest absolute Gasteiger partial charge is 0.368 e. The first kappa shape index (κ1) is 13.4. The fourth-order valence-electron chi connectivity index (χ4n) is 1.41. The number of nitrogens with zero attached hydrogens (tertiary/aromatic N) is 1. The van der Waals surface area contributed by atoms with Crippen molar-refractivity contribution in [2.45, 2.75) is 13.0 Å². The van der Waals surface area contributed by atoms with Gasteiger partial charge in [0, 0.05) is 0 Å². The fraction of sp³-hybridized carbons (Fsp3) is 0.300. The van der Waals surface area contributed by atoms with Gasteiger partial charge in [-0.3, -0.25) is 9.10 Å². The molecule has 1 aromatic rings. The highest BCUT2D eigenvalue weighted by atomic mass is 32.2. The van der Waals surface area contributed by atoms with Crippen molar-refractivity contribution in [1.82, 2.24) is 0 Å². The second kappa shape index (κ2) is 4.70. The highest BCUT2D eigenvalue weighted by Crippen LogP contribution is 2.20. The van der Waals surface area contributed by atoms with Crippen LogP contribution in [0, 0.1) is 5.82 Å². The van der Waals surface area contributed by atoms with Gasteiger partial charge in [0.2, 0.25) is 15.9 Å². The molecule has 0 aliphatic carbocycles. The summed E-state index contributed by atoms with van der Waals surface area (Å²) in [6, 6.07) is 3.74. The van der Waals surface area contributed by atoms with E-state index in [4.69, 9.17) is 5.73 Å². The van der Waals surface area contributed by atoms with E-state index in [0.29, 0.717) is 0 Å². The zero-order chi connectivity index (χ0) is 13.2. The number of carbonyl (C=O) groups excluding carboxylic acids is 1. The summed E-state index contributed by atoms with van der Waals surface area (Å²) in [5, 5.41) is 0. The van der Waals surface area contributed by atoms with Crippen LogP contribution in [0.25, 0.3) is 0 Å². The van der Waals surface area contributed by atoms with E-state index in [1.807, 2.05) is 0 Å². The number of sulfonamides is 1. The Morgan fingerprint density at radius 3 is 2.18 bits per heavy atom. The van der Waals surface area contributed by atoms with Crippen molar-refractivity contribution in [3.05, 3.63) is 30.1 Å². The molecule has 1 amide bonds. The number of primary amides is 1. The van der Waals surface area contributed by atoms with Crippen molar-refractivity contribution >= 4 is 21.6 Å². The molecule has 0 fully saturated rings. The Morgan fingerprint density at radius 2 is 1.82 bits per heavy atom. The number of nitrogens with two attached hydrogens (primary N) is 1. The second-order valence-electron chi connectivity index (χ2n) is 3.61. The molecule has 2 N–H and O–H groups in total. The van der Waals surface area contributed by atoms with Crippen LogP contribution in [0.1, 0.15) is 6.92 Å². The summed E-state index contributed by atoms with van der Waals surface area (Å²) < 4.78 is 36.8. The van der Waals surface area contributed by atoms with Gasteiger partial charge < -0.3 is 5.73 Å². The number of amides is 1. The Kier molecular flexibility index (Phi) is 3.72. The van der Waals surface area contributed by atoms with Crippen LogP contribution in [0.3, 0.4) is 0 Å². The summed E-state index contributed by atoms with van der Waals surface area (Å²) in [5.74, 6) is -1.27. The van der Waals surface area contributed by atoms with E-state index in [0.717, 1.165) is 22.7 Å². The minimum atomic E-state index is -3.67. The molecule has 1 atom stereocenters. The molecule has 0 aromatic heterocycles. The molecule has 1 rings (SSSR count). The Hall–Kier alpha value is -1.63. The van der Waals surface area contributed by atoms with Gasteiger partial charge in [0.25, 0.3) is 0 Å². The number of carbonyl (C=O) groups is 1. The van der Waals surface area contributed by atoms with Crippen molar-refractivity contribution in [2.24, 2.45) is 5.73 Å². The van der Waals surface area contributed by atoms with E-state index in [2.05, 4.69) is 0 Å². The Morgan fingerprint density at radius 1 is 1.35 bits per heavy atom. The molecule has 0 saturated carbocycles. The summed E-state index contributed by atoms with van der Waals surface area (Å²) in [6.45, 7) is 1.37. The smallest absolute Gasteiger partial charge is 0.241 e. The molecule has 94 valence electrons. The maximum absolute atomic E-state index is 12.7. The van der Waals surface area contributed by atoms with Gasteiger partial charge in [-0.25, -0.2) is 12.8 Å². The molecule has 5 nitrogen and oxygen atoms in total. The van der Waals surface area contributed by atoms with Gasteiger partial charge in [-0.2, -0.15) is 0 Å². The third-order valence-electron chi connectivity index (χ3n) is 2.20. The third-order valence-corrected chi connectivity index (χ3v) is 3.44. The molecular formula is C10H13FN2O3S. The molecule has 0 spiro atoms. The van der Waals surface area contributed by atoms with Crippen LogP contribution in [-0.4, -0.2) is 26.6 Å². The first-order chi connectivity index (χ1) is 7.73. The quantitative estimate of drug-likeness (QED) is 0.854. The van der Waals surface area contributed by atoms with Crippen LogP contribution in [0.5, 0.6) is 0 Å². The molecule has 0 heterocycles. The standard InChI is InChI=1S/C10H13FN2O3S/c1-7(10(12)14)13(17(2,15)16)9-5-3-8(11)4-6-9/h3-7H,1-2H3,(H2,12,14)/t7-/m1/s1. The van der Waals surface area contributed by atoms with Crippen LogP contribution in [0.15, 0.2) is 24.3 Å². The number of hydrogen-bond acceptors (Lipinski definition) is 3. The number of hydrogen-bond donors (Lipinski definition) is 1. The Balaban J connectivity index is 3.25. The van der Waals surface area contributed by atoms with Crippen LogP contribution < -0.4 is 10.0 Å². The summed E-state index contributed by atoms with van der Waals surface area (Å²) in [4.78, 5) is 11.1. The highest BCUT2D eigenvalue weighted by Gasteiger charge is 2.27. The van der Waals surface area contributed by atoms with E-state index in [1.165, 1.54) is 19.1 Å². The zero-order valence-corrected chi connectivity index (χ0v) is 10.2. The van der Waals surface area contributed by atoms with E-state index < -0.39 is 27.8 Å². The number of rotatable bonds is 4. The maximum atomic E-state index is 12.7. The predicted molar refractivity (Wildman–Crippen MR) is 62.4 cm³/mol. The molecule has 0 bridgehead atoms. The third kappa shape index (κ3) is 3.16. The first-order valence-corrected chi connectivity index (χ1v) is 6.62. The van der Waals surface area contributed by atoms with Gasteiger partial charge in [0.05, 0.1) is 11.9 Å². The van der Waals surface area contributed by atoms with Crippen LogP contribution in [-0.2, 0) is 14.8 Å². The van der Waals surface area contributed by atoms with Gasteiger partial charge >= 0.3 is 0 Å². The van der Waals surface area contributed by atoms with Crippen LogP contribution in [0.2, 0.25) is 0 Å². The van der Waals surface area contributed by atoms with Crippen molar-refractivity contribution in [2.75, 3.05) is 10.6 Å². The molecular weight excluding hydrogens is 247 g/mol. The normalized spacial score (nSPS) is 13.1. The molecule has 0 unspecified atom stereocenters. The maximum Gasteiger partial charge on any atom is 0.241 e. The lowest BCUT2D eigenvalue weighted by atomic mass is 10.2. The number of benzene rings is 1.